The van der Waals surface area contributed by atoms with Crippen LogP contribution in [0.15, 0.2) is 54.6 Å². The Morgan fingerprint density at radius 1 is 0.848 bits per heavy atom. The third kappa shape index (κ3) is 2.95. The zero-order valence-electron chi connectivity index (χ0n) is 18.9. The molecule has 3 aromatic carbocycles. The van der Waals surface area contributed by atoms with Gasteiger partial charge in [-0.05, 0) is 42.5 Å². The van der Waals surface area contributed by atoms with Gasteiger partial charge in [0.25, 0.3) is 5.91 Å². The van der Waals surface area contributed by atoms with Gasteiger partial charge in [-0.25, -0.2) is 10.2 Å². The van der Waals surface area contributed by atoms with Crippen LogP contribution in [-0.4, -0.2) is 40.1 Å². The van der Waals surface area contributed by atoms with Gasteiger partial charge >= 0.3 is 5.97 Å². The first kappa shape index (κ1) is 20.8. The highest BCUT2D eigenvalue weighted by atomic mass is 16.6. The van der Waals surface area contributed by atoms with Crippen LogP contribution in [0.2, 0.25) is 0 Å². The Labute approximate surface area is 191 Å². The number of anilines is 2. The highest BCUT2D eigenvalue weighted by Gasteiger charge is 2.53. The monoisotopic (exact) mass is 445 g/mol. The van der Waals surface area contributed by atoms with Gasteiger partial charge in [0.05, 0.1) is 5.56 Å². The molecule has 0 bridgehead atoms. The van der Waals surface area contributed by atoms with Crippen molar-refractivity contribution in [2.75, 3.05) is 38.0 Å². The van der Waals surface area contributed by atoms with Gasteiger partial charge in [0.15, 0.2) is 5.60 Å². The van der Waals surface area contributed by atoms with Gasteiger partial charge in [-0.2, -0.15) is 0 Å². The van der Waals surface area contributed by atoms with Gasteiger partial charge in [-0.1, -0.05) is 0 Å². The molecule has 0 aromatic heterocycles. The second-order valence-corrected chi connectivity index (χ2v) is 8.59. The molecule has 33 heavy (non-hydrogen) atoms. The van der Waals surface area contributed by atoms with E-state index in [1.165, 1.54) is 0 Å². The SMILES string of the molecule is CN(C)c1ccc2c(c1)Oc1cc(N(C)C)ccc1C21OC(=O)c2ccc(C(=O)N[NH3+])cc21. The summed E-state index contributed by atoms with van der Waals surface area (Å²) in [6, 6.07) is 16.6. The number of nitrogens with zero attached hydrogens (tertiary/aromatic N) is 2. The molecule has 0 saturated carbocycles. The lowest BCUT2D eigenvalue weighted by Gasteiger charge is -2.37. The average Bonchev–Trinajstić information content (AvgIpc) is 3.10. The maximum Gasteiger partial charge on any atom is 0.340 e. The topological polar surface area (TPSA) is 98.8 Å². The largest absolute Gasteiger partial charge is 0.456 e. The fourth-order valence-electron chi connectivity index (χ4n) is 4.50. The first-order chi connectivity index (χ1) is 15.8. The van der Waals surface area contributed by atoms with E-state index in [0.717, 1.165) is 11.4 Å². The van der Waals surface area contributed by atoms with Gasteiger partial charge in [0.1, 0.15) is 11.5 Å². The molecule has 0 radical (unpaired) electrons. The molecule has 5 rings (SSSR count). The number of amides is 1. The van der Waals surface area contributed by atoms with Crippen LogP contribution in [-0.2, 0) is 10.3 Å². The van der Waals surface area contributed by atoms with Crippen LogP contribution in [0.5, 0.6) is 11.5 Å². The summed E-state index contributed by atoms with van der Waals surface area (Å²) in [6.45, 7) is 0. The third-order valence-corrected chi connectivity index (χ3v) is 6.23. The smallest absolute Gasteiger partial charge is 0.340 e. The Kier molecular flexibility index (Phi) is 4.58. The molecule has 1 spiro atoms. The molecule has 2 aliphatic rings. The number of nitrogens with one attached hydrogen (secondary N) is 1. The molecule has 2 aliphatic heterocycles. The molecule has 0 atom stereocenters. The molecule has 0 saturated heterocycles. The van der Waals surface area contributed by atoms with Crippen molar-refractivity contribution in [2.24, 2.45) is 0 Å². The summed E-state index contributed by atoms with van der Waals surface area (Å²) in [5.74, 6) is 3.87. The number of ether oxygens (including phenoxy) is 2. The molecule has 8 nitrogen and oxygen atoms in total. The number of carbonyl (C=O) groups is 2. The van der Waals surface area contributed by atoms with Gasteiger partial charge in [-0.3, -0.25) is 10.6 Å². The van der Waals surface area contributed by atoms with Crippen molar-refractivity contribution < 1.29 is 24.9 Å². The highest BCUT2D eigenvalue weighted by Crippen LogP contribution is 2.57. The predicted octanol–water partition coefficient (Wildman–Crippen LogP) is 2.27. The van der Waals surface area contributed by atoms with Crippen molar-refractivity contribution in [3.8, 4) is 11.5 Å². The lowest BCUT2D eigenvalue weighted by atomic mass is 9.77. The summed E-state index contributed by atoms with van der Waals surface area (Å²) in [7, 11) is 7.81. The number of carbonyl (C=O) groups excluding carboxylic acids is 2. The molecule has 3 aromatic rings. The molecular weight excluding hydrogens is 420 g/mol. The average molecular weight is 445 g/mol. The first-order valence-corrected chi connectivity index (χ1v) is 10.5. The van der Waals surface area contributed by atoms with Crippen molar-refractivity contribution in [1.29, 1.82) is 0 Å². The van der Waals surface area contributed by atoms with E-state index in [-0.39, 0.29) is 5.91 Å². The Morgan fingerprint density at radius 3 is 1.94 bits per heavy atom. The Morgan fingerprint density at radius 2 is 1.42 bits per heavy atom. The lowest BCUT2D eigenvalue weighted by Crippen LogP contribution is -2.67. The van der Waals surface area contributed by atoms with Crippen molar-refractivity contribution in [3.63, 3.8) is 0 Å². The second kappa shape index (κ2) is 7.25. The summed E-state index contributed by atoms with van der Waals surface area (Å²) in [4.78, 5) is 29.4. The van der Waals surface area contributed by atoms with Crippen LogP contribution in [0.1, 0.15) is 37.4 Å². The highest BCUT2D eigenvalue weighted by molar-refractivity contribution is 6.00. The minimum atomic E-state index is -1.23. The van der Waals surface area contributed by atoms with Gasteiger partial charge in [0, 0.05) is 74.0 Å². The standard InChI is InChI=1S/C25H24N4O4/c1-28(2)15-6-9-18-21(12-15)32-22-13-16(29(3)4)7-10-19(22)25(18)20-11-14(23(30)27-26)5-8-17(20)24(31)33-25/h5-13H,26H2,1-4H3,(H,27,30)/p+1. The molecule has 0 unspecified atom stereocenters. The summed E-state index contributed by atoms with van der Waals surface area (Å²) >= 11 is 0. The van der Waals surface area contributed by atoms with Crippen LogP contribution in [0, 0.1) is 0 Å². The fourth-order valence-corrected chi connectivity index (χ4v) is 4.50. The summed E-state index contributed by atoms with van der Waals surface area (Å²) < 4.78 is 12.5. The Balaban J connectivity index is 1.83. The van der Waals surface area contributed by atoms with E-state index in [0.29, 0.717) is 39.3 Å². The van der Waals surface area contributed by atoms with E-state index in [4.69, 9.17) is 9.47 Å². The number of rotatable bonds is 3. The first-order valence-electron chi connectivity index (χ1n) is 10.5. The molecule has 1 amide bonds. The molecule has 8 heteroatoms. The fraction of sp³-hybridized carbons (Fsp3) is 0.200. The van der Waals surface area contributed by atoms with Crippen LogP contribution in [0.25, 0.3) is 0 Å². The van der Waals surface area contributed by atoms with Crippen molar-refractivity contribution >= 4 is 23.3 Å². The predicted molar refractivity (Wildman–Crippen MR) is 124 cm³/mol. The normalized spacial score (nSPS) is 14.5. The van der Waals surface area contributed by atoms with E-state index in [9.17, 15) is 9.59 Å². The third-order valence-electron chi connectivity index (χ3n) is 6.23. The van der Waals surface area contributed by atoms with Crippen LogP contribution >= 0.6 is 0 Å². The van der Waals surface area contributed by atoms with Crippen LogP contribution in [0.3, 0.4) is 0 Å². The van der Waals surface area contributed by atoms with E-state index in [2.05, 4.69) is 11.3 Å². The zero-order valence-corrected chi connectivity index (χ0v) is 18.9. The Bertz CT molecular complexity index is 1260. The van der Waals surface area contributed by atoms with Crippen molar-refractivity contribution in [2.45, 2.75) is 5.60 Å². The second-order valence-electron chi connectivity index (χ2n) is 8.59. The molecule has 0 aliphatic carbocycles. The molecule has 4 N–H and O–H groups in total. The van der Waals surface area contributed by atoms with Crippen LogP contribution < -0.4 is 25.8 Å². The van der Waals surface area contributed by atoms with E-state index in [1.807, 2.05) is 74.4 Å². The zero-order chi connectivity index (χ0) is 23.5. The number of quaternary nitrogens is 1. The van der Waals surface area contributed by atoms with Crippen molar-refractivity contribution in [3.05, 3.63) is 82.4 Å². The molecule has 0 fully saturated rings. The van der Waals surface area contributed by atoms with Gasteiger partial charge < -0.3 is 19.3 Å². The minimum Gasteiger partial charge on any atom is -0.456 e. The molecular formula is C25H25N4O4+. The maximum atomic E-state index is 13.1. The van der Waals surface area contributed by atoms with Crippen molar-refractivity contribution in [1.82, 2.24) is 5.43 Å². The van der Waals surface area contributed by atoms with E-state index < -0.39 is 11.6 Å². The van der Waals surface area contributed by atoms with E-state index in [1.54, 1.807) is 18.2 Å². The molecule has 2 heterocycles. The minimum absolute atomic E-state index is 0.342. The van der Waals surface area contributed by atoms with Gasteiger partial charge in [0.2, 0.25) is 0 Å². The number of hydrogen-bond donors (Lipinski definition) is 2. The summed E-state index contributed by atoms with van der Waals surface area (Å²) in [6.07, 6.45) is 0. The number of hydrogen-bond acceptors (Lipinski definition) is 6. The van der Waals surface area contributed by atoms with Crippen LogP contribution in [0.4, 0.5) is 11.4 Å². The van der Waals surface area contributed by atoms with E-state index >= 15 is 0 Å². The number of fused-ring (bicyclic) bond motifs is 6. The quantitative estimate of drug-likeness (QED) is 0.474. The Hall–Kier alpha value is -4.04. The lowest BCUT2D eigenvalue weighted by molar-refractivity contribution is -0.422. The van der Waals surface area contributed by atoms with Gasteiger partial charge in [-0.15, -0.1) is 0 Å². The number of esters is 1. The molecule has 168 valence electrons. The summed E-state index contributed by atoms with van der Waals surface area (Å²) in [5.41, 5.74) is 5.90. The maximum absolute atomic E-state index is 13.1. The number of benzene rings is 3. The summed E-state index contributed by atoms with van der Waals surface area (Å²) in [5, 5.41) is 0.